The SMILES string of the molecule is CCC1CCC(N(C)C(=O)c2cccc3cc[nH]c23)CC1. The van der Waals surface area contributed by atoms with Gasteiger partial charge in [0, 0.05) is 24.7 Å². The number of rotatable bonds is 3. The fraction of sp³-hybridized carbons (Fsp3) is 0.500. The van der Waals surface area contributed by atoms with Gasteiger partial charge >= 0.3 is 0 Å². The van der Waals surface area contributed by atoms with Gasteiger partial charge in [0.2, 0.25) is 0 Å². The van der Waals surface area contributed by atoms with Gasteiger partial charge in [0.25, 0.3) is 5.91 Å². The van der Waals surface area contributed by atoms with Crippen LogP contribution in [0.5, 0.6) is 0 Å². The average Bonchev–Trinajstić information content (AvgIpc) is 3.02. The summed E-state index contributed by atoms with van der Waals surface area (Å²) < 4.78 is 0. The molecule has 1 aliphatic carbocycles. The maximum absolute atomic E-state index is 12.8. The molecule has 2 aromatic rings. The summed E-state index contributed by atoms with van der Waals surface area (Å²) in [5.41, 5.74) is 1.74. The minimum absolute atomic E-state index is 0.142. The Labute approximate surface area is 126 Å². The van der Waals surface area contributed by atoms with E-state index >= 15 is 0 Å². The van der Waals surface area contributed by atoms with Crippen molar-refractivity contribution in [3.63, 3.8) is 0 Å². The first-order valence-electron chi connectivity index (χ1n) is 8.04. The molecule has 0 unspecified atom stereocenters. The molecule has 1 heterocycles. The number of aromatic nitrogens is 1. The minimum Gasteiger partial charge on any atom is -0.361 e. The summed E-state index contributed by atoms with van der Waals surface area (Å²) in [6.07, 6.45) is 7.96. The molecule has 1 amide bonds. The zero-order valence-electron chi connectivity index (χ0n) is 12.9. The van der Waals surface area contributed by atoms with Gasteiger partial charge in [-0.25, -0.2) is 0 Å². The van der Waals surface area contributed by atoms with Crippen LogP contribution in [0.1, 0.15) is 49.4 Å². The molecule has 112 valence electrons. The summed E-state index contributed by atoms with van der Waals surface area (Å²) in [6, 6.07) is 8.33. The number of amides is 1. The van der Waals surface area contributed by atoms with Crippen LogP contribution in [0, 0.1) is 5.92 Å². The van der Waals surface area contributed by atoms with E-state index in [2.05, 4.69) is 11.9 Å². The highest BCUT2D eigenvalue weighted by atomic mass is 16.2. The van der Waals surface area contributed by atoms with E-state index in [9.17, 15) is 4.79 Å². The number of carbonyl (C=O) groups excluding carboxylic acids is 1. The third-order valence-corrected chi connectivity index (χ3v) is 5.08. The molecule has 0 atom stereocenters. The number of para-hydroxylation sites is 1. The summed E-state index contributed by atoms with van der Waals surface area (Å²) in [6.45, 7) is 2.27. The fourth-order valence-electron chi connectivity index (χ4n) is 3.56. The minimum atomic E-state index is 0.142. The molecule has 21 heavy (non-hydrogen) atoms. The van der Waals surface area contributed by atoms with E-state index in [0.29, 0.717) is 6.04 Å². The van der Waals surface area contributed by atoms with Crippen molar-refractivity contribution in [1.29, 1.82) is 0 Å². The number of hydrogen-bond donors (Lipinski definition) is 1. The van der Waals surface area contributed by atoms with Gasteiger partial charge in [-0.15, -0.1) is 0 Å². The second kappa shape index (κ2) is 5.92. The summed E-state index contributed by atoms with van der Waals surface area (Å²) in [7, 11) is 1.96. The number of benzene rings is 1. The average molecular weight is 284 g/mol. The van der Waals surface area contributed by atoms with Gasteiger partial charge in [-0.05, 0) is 43.7 Å². The molecule has 1 aliphatic rings. The molecule has 1 saturated carbocycles. The lowest BCUT2D eigenvalue weighted by Crippen LogP contribution is -2.39. The molecular formula is C18H24N2O. The molecule has 3 nitrogen and oxygen atoms in total. The highest BCUT2D eigenvalue weighted by Crippen LogP contribution is 2.30. The highest BCUT2D eigenvalue weighted by molar-refractivity contribution is 6.05. The van der Waals surface area contributed by atoms with Gasteiger partial charge in [-0.2, -0.15) is 0 Å². The largest absolute Gasteiger partial charge is 0.361 e. The van der Waals surface area contributed by atoms with Crippen LogP contribution in [0.3, 0.4) is 0 Å². The fourth-order valence-corrected chi connectivity index (χ4v) is 3.56. The highest BCUT2D eigenvalue weighted by Gasteiger charge is 2.27. The number of fused-ring (bicyclic) bond motifs is 1. The van der Waals surface area contributed by atoms with E-state index in [1.165, 1.54) is 19.3 Å². The second-order valence-electron chi connectivity index (χ2n) is 6.25. The zero-order chi connectivity index (χ0) is 14.8. The number of nitrogens with one attached hydrogen (secondary N) is 1. The summed E-state index contributed by atoms with van der Waals surface area (Å²) in [5.74, 6) is 1.000. The Balaban J connectivity index is 1.77. The van der Waals surface area contributed by atoms with E-state index in [0.717, 1.165) is 35.2 Å². The van der Waals surface area contributed by atoms with Crippen molar-refractivity contribution >= 4 is 16.8 Å². The van der Waals surface area contributed by atoms with Gasteiger partial charge in [-0.3, -0.25) is 4.79 Å². The van der Waals surface area contributed by atoms with Gasteiger partial charge in [0.1, 0.15) is 0 Å². The van der Waals surface area contributed by atoms with Gasteiger partial charge in [-0.1, -0.05) is 25.5 Å². The lowest BCUT2D eigenvalue weighted by molar-refractivity contribution is 0.0676. The Hall–Kier alpha value is -1.77. The smallest absolute Gasteiger partial charge is 0.255 e. The van der Waals surface area contributed by atoms with Crippen LogP contribution in [0.4, 0.5) is 0 Å². The van der Waals surface area contributed by atoms with E-state index in [1.807, 2.05) is 42.4 Å². The third kappa shape index (κ3) is 2.69. The molecule has 1 aromatic carbocycles. The Morgan fingerprint density at radius 3 is 2.71 bits per heavy atom. The molecular weight excluding hydrogens is 260 g/mol. The first-order chi connectivity index (χ1) is 10.2. The molecule has 1 N–H and O–H groups in total. The quantitative estimate of drug-likeness (QED) is 0.900. The lowest BCUT2D eigenvalue weighted by atomic mass is 9.84. The molecule has 0 radical (unpaired) electrons. The van der Waals surface area contributed by atoms with Gasteiger partial charge in [0.05, 0.1) is 11.1 Å². The zero-order valence-corrected chi connectivity index (χ0v) is 12.9. The Morgan fingerprint density at radius 2 is 2.00 bits per heavy atom. The molecule has 3 heteroatoms. The van der Waals surface area contributed by atoms with Crippen molar-refractivity contribution in [3.8, 4) is 0 Å². The maximum Gasteiger partial charge on any atom is 0.255 e. The summed E-state index contributed by atoms with van der Waals surface area (Å²) >= 11 is 0. The lowest BCUT2D eigenvalue weighted by Gasteiger charge is -2.34. The first kappa shape index (κ1) is 14.2. The van der Waals surface area contributed by atoms with Crippen LogP contribution in [-0.2, 0) is 0 Å². The van der Waals surface area contributed by atoms with Crippen LogP contribution in [0.25, 0.3) is 10.9 Å². The van der Waals surface area contributed by atoms with Crippen molar-refractivity contribution in [3.05, 3.63) is 36.0 Å². The van der Waals surface area contributed by atoms with Crippen LogP contribution in [-0.4, -0.2) is 28.9 Å². The van der Waals surface area contributed by atoms with Gasteiger partial charge < -0.3 is 9.88 Å². The Bertz CT molecular complexity index is 623. The van der Waals surface area contributed by atoms with E-state index in [1.54, 1.807) is 0 Å². The standard InChI is InChI=1S/C18H24N2O/c1-3-13-7-9-15(10-8-13)20(2)18(21)16-6-4-5-14-11-12-19-17(14)16/h4-6,11-13,15,19H,3,7-10H2,1-2H3. The summed E-state index contributed by atoms with van der Waals surface area (Å²) in [5, 5.41) is 1.10. The Morgan fingerprint density at radius 1 is 1.24 bits per heavy atom. The van der Waals surface area contributed by atoms with Crippen LogP contribution in [0.2, 0.25) is 0 Å². The van der Waals surface area contributed by atoms with Crippen molar-refractivity contribution < 1.29 is 4.79 Å². The van der Waals surface area contributed by atoms with Crippen molar-refractivity contribution in [2.45, 2.75) is 45.1 Å². The van der Waals surface area contributed by atoms with E-state index in [-0.39, 0.29) is 5.91 Å². The predicted octanol–water partition coefficient (Wildman–Crippen LogP) is 4.21. The van der Waals surface area contributed by atoms with Crippen LogP contribution in [0.15, 0.2) is 30.5 Å². The van der Waals surface area contributed by atoms with Crippen LogP contribution >= 0.6 is 0 Å². The van der Waals surface area contributed by atoms with Crippen molar-refractivity contribution in [2.75, 3.05) is 7.05 Å². The van der Waals surface area contributed by atoms with Crippen LogP contribution < -0.4 is 0 Å². The number of hydrogen-bond acceptors (Lipinski definition) is 1. The molecule has 0 bridgehead atoms. The van der Waals surface area contributed by atoms with E-state index in [4.69, 9.17) is 0 Å². The van der Waals surface area contributed by atoms with Gasteiger partial charge in [0.15, 0.2) is 0 Å². The maximum atomic E-state index is 12.8. The molecule has 0 spiro atoms. The normalized spacial score (nSPS) is 22.4. The van der Waals surface area contributed by atoms with Crippen molar-refractivity contribution in [2.24, 2.45) is 5.92 Å². The third-order valence-electron chi connectivity index (χ3n) is 5.08. The van der Waals surface area contributed by atoms with Crippen molar-refractivity contribution in [1.82, 2.24) is 9.88 Å². The predicted molar refractivity (Wildman–Crippen MR) is 86.4 cm³/mol. The second-order valence-corrected chi connectivity index (χ2v) is 6.25. The number of carbonyl (C=O) groups is 1. The molecule has 3 rings (SSSR count). The summed E-state index contributed by atoms with van der Waals surface area (Å²) in [4.78, 5) is 18.0. The Kier molecular flexibility index (Phi) is 4.00. The molecule has 1 fully saturated rings. The molecule has 1 aromatic heterocycles. The number of H-pyrrole nitrogens is 1. The topological polar surface area (TPSA) is 36.1 Å². The number of aromatic amines is 1. The molecule has 0 aliphatic heterocycles. The number of nitrogens with zero attached hydrogens (tertiary/aromatic N) is 1. The van der Waals surface area contributed by atoms with E-state index < -0.39 is 0 Å². The first-order valence-corrected chi connectivity index (χ1v) is 8.04. The molecule has 0 saturated heterocycles. The monoisotopic (exact) mass is 284 g/mol.